The summed E-state index contributed by atoms with van der Waals surface area (Å²) in [7, 11) is 1.29. The SMILES string of the molecule is CCC(C)NC(=O)Cn1nnc(C(=O)OC)c1C(C)C. The fraction of sp³-hybridized carbons (Fsp3) is 0.692. The Morgan fingerprint density at radius 1 is 1.35 bits per heavy atom. The average molecular weight is 282 g/mol. The van der Waals surface area contributed by atoms with Crippen LogP contribution in [-0.2, 0) is 16.1 Å². The van der Waals surface area contributed by atoms with E-state index in [1.807, 2.05) is 27.7 Å². The molecule has 112 valence electrons. The summed E-state index contributed by atoms with van der Waals surface area (Å²) in [5, 5.41) is 10.6. The van der Waals surface area contributed by atoms with Crippen LogP contribution in [0.2, 0.25) is 0 Å². The molecule has 1 N–H and O–H groups in total. The van der Waals surface area contributed by atoms with E-state index in [2.05, 4.69) is 20.4 Å². The number of hydrogen-bond donors (Lipinski definition) is 1. The molecule has 0 aliphatic carbocycles. The fourth-order valence-corrected chi connectivity index (χ4v) is 1.81. The van der Waals surface area contributed by atoms with Crippen molar-refractivity contribution in [1.29, 1.82) is 0 Å². The van der Waals surface area contributed by atoms with Crippen LogP contribution in [0.25, 0.3) is 0 Å². The van der Waals surface area contributed by atoms with Gasteiger partial charge in [0.15, 0.2) is 5.69 Å². The Morgan fingerprint density at radius 3 is 2.50 bits per heavy atom. The van der Waals surface area contributed by atoms with Gasteiger partial charge < -0.3 is 10.1 Å². The minimum absolute atomic E-state index is 0.00972. The quantitative estimate of drug-likeness (QED) is 0.790. The highest BCUT2D eigenvalue weighted by atomic mass is 16.5. The molecule has 1 aromatic rings. The highest BCUT2D eigenvalue weighted by Gasteiger charge is 2.23. The first kappa shape index (κ1) is 16.1. The van der Waals surface area contributed by atoms with E-state index in [1.54, 1.807) is 0 Å². The minimum Gasteiger partial charge on any atom is -0.464 e. The first-order valence-electron chi connectivity index (χ1n) is 6.71. The zero-order chi connectivity index (χ0) is 15.3. The summed E-state index contributed by atoms with van der Waals surface area (Å²) in [5.74, 6) is -0.680. The lowest BCUT2D eigenvalue weighted by Crippen LogP contribution is -2.35. The number of methoxy groups -OCH3 is 1. The molecule has 0 aromatic carbocycles. The molecule has 0 aliphatic rings. The van der Waals surface area contributed by atoms with E-state index in [1.165, 1.54) is 11.8 Å². The summed E-state index contributed by atoms with van der Waals surface area (Å²) >= 11 is 0. The second-order valence-corrected chi connectivity index (χ2v) is 5.00. The summed E-state index contributed by atoms with van der Waals surface area (Å²) < 4.78 is 6.13. The van der Waals surface area contributed by atoms with Crippen molar-refractivity contribution in [2.24, 2.45) is 0 Å². The number of amides is 1. The molecule has 1 aromatic heterocycles. The Morgan fingerprint density at radius 2 is 2.00 bits per heavy atom. The molecule has 0 radical (unpaired) electrons. The summed E-state index contributed by atoms with van der Waals surface area (Å²) in [5.41, 5.74) is 0.773. The first-order chi connectivity index (χ1) is 9.40. The van der Waals surface area contributed by atoms with Crippen molar-refractivity contribution in [3.05, 3.63) is 11.4 Å². The van der Waals surface area contributed by atoms with Gasteiger partial charge in [0.1, 0.15) is 6.54 Å². The molecule has 1 unspecified atom stereocenters. The third-order valence-electron chi connectivity index (χ3n) is 3.01. The molecule has 20 heavy (non-hydrogen) atoms. The van der Waals surface area contributed by atoms with E-state index in [0.29, 0.717) is 5.69 Å². The van der Waals surface area contributed by atoms with Gasteiger partial charge in [-0.1, -0.05) is 26.0 Å². The maximum absolute atomic E-state index is 11.9. The van der Waals surface area contributed by atoms with Gasteiger partial charge in [0.05, 0.1) is 12.8 Å². The third-order valence-corrected chi connectivity index (χ3v) is 3.01. The maximum atomic E-state index is 11.9. The summed E-state index contributed by atoms with van der Waals surface area (Å²) in [4.78, 5) is 23.5. The van der Waals surface area contributed by atoms with Crippen molar-refractivity contribution in [2.75, 3.05) is 7.11 Å². The Hall–Kier alpha value is -1.92. The van der Waals surface area contributed by atoms with Gasteiger partial charge in [-0.05, 0) is 19.3 Å². The molecule has 1 amide bonds. The maximum Gasteiger partial charge on any atom is 0.360 e. The molecule has 0 saturated heterocycles. The molecule has 1 atom stereocenters. The van der Waals surface area contributed by atoms with Crippen LogP contribution in [0.15, 0.2) is 0 Å². The Kier molecular flexibility index (Phi) is 5.66. The van der Waals surface area contributed by atoms with Gasteiger partial charge in [0, 0.05) is 6.04 Å². The van der Waals surface area contributed by atoms with Gasteiger partial charge in [-0.25, -0.2) is 9.48 Å². The van der Waals surface area contributed by atoms with Crippen LogP contribution in [0.4, 0.5) is 0 Å². The predicted molar refractivity (Wildman–Crippen MR) is 73.3 cm³/mol. The van der Waals surface area contributed by atoms with Crippen molar-refractivity contribution in [3.63, 3.8) is 0 Å². The van der Waals surface area contributed by atoms with Crippen molar-refractivity contribution in [3.8, 4) is 0 Å². The molecule has 0 fully saturated rings. The number of ether oxygens (including phenoxy) is 1. The molecule has 0 bridgehead atoms. The molecule has 0 aliphatic heterocycles. The molecule has 7 heteroatoms. The van der Waals surface area contributed by atoms with Gasteiger partial charge in [-0.15, -0.1) is 5.10 Å². The number of hydrogen-bond acceptors (Lipinski definition) is 5. The zero-order valence-electron chi connectivity index (χ0n) is 12.6. The highest BCUT2D eigenvalue weighted by molar-refractivity contribution is 5.88. The molecule has 1 rings (SSSR count). The van der Waals surface area contributed by atoms with Crippen LogP contribution < -0.4 is 5.32 Å². The van der Waals surface area contributed by atoms with Crippen LogP contribution in [0, 0.1) is 0 Å². The summed E-state index contributed by atoms with van der Waals surface area (Å²) in [6.07, 6.45) is 0.855. The van der Waals surface area contributed by atoms with Crippen LogP contribution in [0.5, 0.6) is 0 Å². The van der Waals surface area contributed by atoms with Gasteiger partial charge in [-0.3, -0.25) is 4.79 Å². The molecular weight excluding hydrogens is 260 g/mol. The van der Waals surface area contributed by atoms with E-state index in [9.17, 15) is 9.59 Å². The Bertz CT molecular complexity index is 482. The van der Waals surface area contributed by atoms with Gasteiger partial charge in [0.25, 0.3) is 0 Å². The van der Waals surface area contributed by atoms with Crippen molar-refractivity contribution < 1.29 is 14.3 Å². The number of carbonyl (C=O) groups excluding carboxylic acids is 2. The third kappa shape index (κ3) is 3.79. The summed E-state index contributed by atoms with van der Waals surface area (Å²) in [6, 6.07) is 0.105. The number of nitrogens with zero attached hydrogens (tertiary/aromatic N) is 3. The van der Waals surface area contributed by atoms with E-state index in [4.69, 9.17) is 0 Å². The van der Waals surface area contributed by atoms with Gasteiger partial charge >= 0.3 is 5.97 Å². The van der Waals surface area contributed by atoms with E-state index in [0.717, 1.165) is 6.42 Å². The van der Waals surface area contributed by atoms with E-state index < -0.39 is 5.97 Å². The lowest BCUT2D eigenvalue weighted by atomic mass is 10.1. The van der Waals surface area contributed by atoms with Crippen LogP contribution >= 0.6 is 0 Å². The van der Waals surface area contributed by atoms with Crippen molar-refractivity contribution >= 4 is 11.9 Å². The summed E-state index contributed by atoms with van der Waals surface area (Å²) in [6.45, 7) is 7.79. The standard InChI is InChI=1S/C13H22N4O3/c1-6-9(4)14-10(18)7-17-12(8(2)3)11(15-16-17)13(19)20-5/h8-9H,6-7H2,1-5H3,(H,14,18). The number of aromatic nitrogens is 3. The number of carbonyl (C=O) groups is 2. The molecule has 7 nitrogen and oxygen atoms in total. The second kappa shape index (κ2) is 7.02. The molecular formula is C13H22N4O3. The number of nitrogens with one attached hydrogen (secondary N) is 1. The molecule has 0 saturated carbocycles. The van der Waals surface area contributed by atoms with E-state index in [-0.39, 0.29) is 30.1 Å². The monoisotopic (exact) mass is 282 g/mol. The number of rotatable bonds is 6. The normalized spacial score (nSPS) is 12.3. The van der Waals surface area contributed by atoms with Crippen molar-refractivity contribution in [2.45, 2.75) is 52.6 Å². The minimum atomic E-state index is -0.540. The average Bonchev–Trinajstić information content (AvgIpc) is 2.81. The molecule has 0 spiro atoms. The topological polar surface area (TPSA) is 86.1 Å². The lowest BCUT2D eigenvalue weighted by Gasteiger charge is -2.13. The Balaban J connectivity index is 2.93. The van der Waals surface area contributed by atoms with Gasteiger partial charge in [0.2, 0.25) is 5.91 Å². The first-order valence-corrected chi connectivity index (χ1v) is 6.71. The molecule has 1 heterocycles. The zero-order valence-corrected chi connectivity index (χ0v) is 12.6. The van der Waals surface area contributed by atoms with Crippen LogP contribution in [0.1, 0.15) is 56.2 Å². The van der Waals surface area contributed by atoms with E-state index >= 15 is 0 Å². The predicted octanol–water partition coefficient (Wildman–Crippen LogP) is 1.10. The van der Waals surface area contributed by atoms with Gasteiger partial charge in [-0.2, -0.15) is 0 Å². The Labute approximate surface area is 118 Å². The van der Waals surface area contributed by atoms with Crippen LogP contribution in [-0.4, -0.2) is 40.0 Å². The smallest absolute Gasteiger partial charge is 0.360 e. The largest absolute Gasteiger partial charge is 0.464 e. The second-order valence-electron chi connectivity index (χ2n) is 5.00. The number of esters is 1. The fourth-order valence-electron chi connectivity index (χ4n) is 1.81. The van der Waals surface area contributed by atoms with Crippen molar-refractivity contribution in [1.82, 2.24) is 20.3 Å². The lowest BCUT2D eigenvalue weighted by molar-refractivity contribution is -0.122. The van der Waals surface area contributed by atoms with Crippen LogP contribution in [0.3, 0.4) is 0 Å². The highest BCUT2D eigenvalue weighted by Crippen LogP contribution is 2.18.